The summed E-state index contributed by atoms with van der Waals surface area (Å²) in [6.45, 7) is 13.5. The number of hydrogen-bond donors (Lipinski definition) is 1. The van der Waals surface area contributed by atoms with E-state index in [0.717, 1.165) is 32.1 Å². The number of hydrogen-bond acceptors (Lipinski definition) is 5. The predicted molar refractivity (Wildman–Crippen MR) is 132 cm³/mol. The maximum Gasteiger partial charge on any atom is 0.306 e. The van der Waals surface area contributed by atoms with Gasteiger partial charge in [0.2, 0.25) is 0 Å². The average Bonchev–Trinajstić information content (AvgIpc) is 3.01. The van der Waals surface area contributed by atoms with Crippen LogP contribution in [0.25, 0.3) is 0 Å². The number of ether oxygens (including phenoxy) is 2. The number of cyclic esters (lactones) is 1. The van der Waals surface area contributed by atoms with Gasteiger partial charge in [0.25, 0.3) is 0 Å². The lowest BCUT2D eigenvalue weighted by molar-refractivity contribution is -0.162. The van der Waals surface area contributed by atoms with E-state index < -0.39 is 5.60 Å². The predicted octanol–water partition coefficient (Wildman–Crippen LogP) is 5.92. The number of esters is 2. The fourth-order valence-corrected chi connectivity index (χ4v) is 8.94. The summed E-state index contributed by atoms with van der Waals surface area (Å²) >= 11 is 0. The van der Waals surface area contributed by atoms with Crippen molar-refractivity contribution in [1.82, 2.24) is 0 Å². The molecular formula is C29H48O5. The third kappa shape index (κ3) is 4.80. The zero-order chi connectivity index (χ0) is 24.9. The Morgan fingerprint density at radius 2 is 1.85 bits per heavy atom. The number of aliphatic hydroxyl groups excluding tert-OH is 1. The first-order chi connectivity index (χ1) is 15.8. The standard InChI is InChI=1S/C29H48O5/c1-18(8-7-9-25(32)34-27(2,3)4)20-10-11-21-26-22(12-14-29(20,21)6)28(5)15-13-24(31)33-17-19(28)16-23(26)30/h18-23,26,30H,7-17H2,1-6H3/t18-,19-,20-,21+,22+,23+,26+,28+,29-/m1/s1. The van der Waals surface area contributed by atoms with Crippen LogP contribution in [0.1, 0.15) is 106 Å². The van der Waals surface area contributed by atoms with E-state index >= 15 is 0 Å². The molecule has 0 radical (unpaired) electrons. The van der Waals surface area contributed by atoms with Gasteiger partial charge in [0.15, 0.2) is 0 Å². The summed E-state index contributed by atoms with van der Waals surface area (Å²) in [5, 5.41) is 11.4. The Hall–Kier alpha value is -1.10. The van der Waals surface area contributed by atoms with Crippen LogP contribution in [0.3, 0.4) is 0 Å². The minimum Gasteiger partial charge on any atom is -0.465 e. The largest absolute Gasteiger partial charge is 0.465 e. The lowest BCUT2D eigenvalue weighted by atomic mass is 9.45. The molecule has 3 aliphatic carbocycles. The van der Waals surface area contributed by atoms with Gasteiger partial charge in [-0.05, 0) is 113 Å². The summed E-state index contributed by atoms with van der Waals surface area (Å²) in [5.74, 6) is 2.72. The highest BCUT2D eigenvalue weighted by Crippen LogP contribution is 2.67. The van der Waals surface area contributed by atoms with E-state index in [4.69, 9.17) is 9.47 Å². The Labute approximate surface area is 206 Å². The minimum atomic E-state index is -0.416. The highest BCUT2D eigenvalue weighted by molar-refractivity contribution is 5.70. The first kappa shape index (κ1) is 26.0. The molecule has 5 heteroatoms. The normalized spacial score (nSPS) is 43.1. The van der Waals surface area contributed by atoms with Crippen molar-refractivity contribution >= 4 is 11.9 Å². The van der Waals surface area contributed by atoms with Crippen molar-refractivity contribution in [3.8, 4) is 0 Å². The van der Waals surface area contributed by atoms with Crippen LogP contribution >= 0.6 is 0 Å². The van der Waals surface area contributed by atoms with Crippen LogP contribution < -0.4 is 0 Å². The molecule has 3 saturated carbocycles. The second-order valence-electron chi connectivity index (χ2n) is 13.7. The molecule has 1 aliphatic heterocycles. The molecule has 194 valence electrons. The summed E-state index contributed by atoms with van der Waals surface area (Å²) in [7, 11) is 0. The maximum absolute atomic E-state index is 12.2. The summed E-state index contributed by atoms with van der Waals surface area (Å²) < 4.78 is 11.0. The lowest BCUT2D eigenvalue weighted by Gasteiger charge is -2.60. The molecular weight excluding hydrogens is 428 g/mol. The Balaban J connectivity index is 1.43. The van der Waals surface area contributed by atoms with Crippen LogP contribution in [0, 0.1) is 46.3 Å². The molecule has 34 heavy (non-hydrogen) atoms. The van der Waals surface area contributed by atoms with Gasteiger partial charge in [-0.25, -0.2) is 0 Å². The zero-order valence-electron chi connectivity index (χ0n) is 22.4. The zero-order valence-corrected chi connectivity index (χ0v) is 22.4. The van der Waals surface area contributed by atoms with Gasteiger partial charge in [-0.2, -0.15) is 0 Å². The highest BCUT2D eigenvalue weighted by atomic mass is 16.6. The van der Waals surface area contributed by atoms with Gasteiger partial charge in [-0.1, -0.05) is 20.8 Å². The Morgan fingerprint density at radius 3 is 2.56 bits per heavy atom. The van der Waals surface area contributed by atoms with Crippen LogP contribution in [0.15, 0.2) is 0 Å². The third-order valence-electron chi connectivity index (χ3n) is 10.6. The molecule has 4 fully saturated rings. The van der Waals surface area contributed by atoms with Crippen molar-refractivity contribution in [3.63, 3.8) is 0 Å². The Bertz CT molecular complexity index is 771. The number of aliphatic hydroxyl groups is 1. The second kappa shape index (κ2) is 9.41. The molecule has 1 N–H and O–H groups in total. The van der Waals surface area contributed by atoms with Gasteiger partial charge in [0, 0.05) is 18.8 Å². The van der Waals surface area contributed by atoms with E-state index in [9.17, 15) is 14.7 Å². The van der Waals surface area contributed by atoms with Crippen LogP contribution in [0.2, 0.25) is 0 Å². The van der Waals surface area contributed by atoms with Crippen molar-refractivity contribution in [1.29, 1.82) is 0 Å². The fraction of sp³-hybridized carbons (Fsp3) is 0.931. The molecule has 5 nitrogen and oxygen atoms in total. The van der Waals surface area contributed by atoms with E-state index in [0.29, 0.717) is 49.0 Å². The molecule has 1 heterocycles. The summed E-state index contributed by atoms with van der Waals surface area (Å²) in [5.41, 5.74) is -0.0665. The number of carbonyl (C=O) groups is 2. The molecule has 0 aromatic carbocycles. The summed E-state index contributed by atoms with van der Waals surface area (Å²) in [4.78, 5) is 24.2. The van der Waals surface area contributed by atoms with Gasteiger partial charge < -0.3 is 14.6 Å². The molecule has 0 aromatic heterocycles. The molecule has 0 unspecified atom stereocenters. The number of fused-ring (bicyclic) bond motifs is 5. The van der Waals surface area contributed by atoms with Crippen molar-refractivity contribution in [2.45, 2.75) is 117 Å². The molecule has 1 saturated heterocycles. The van der Waals surface area contributed by atoms with Gasteiger partial charge in [-0.15, -0.1) is 0 Å². The Kier molecular flexibility index (Phi) is 7.19. The summed E-state index contributed by atoms with van der Waals surface area (Å²) in [6, 6.07) is 0. The van der Waals surface area contributed by atoms with Gasteiger partial charge >= 0.3 is 11.9 Å². The Morgan fingerprint density at radius 1 is 1.15 bits per heavy atom. The molecule has 0 amide bonds. The lowest BCUT2D eigenvalue weighted by Crippen LogP contribution is -2.57. The van der Waals surface area contributed by atoms with E-state index in [-0.39, 0.29) is 34.8 Å². The van der Waals surface area contributed by atoms with Crippen molar-refractivity contribution in [3.05, 3.63) is 0 Å². The SMILES string of the molecule is C[C@H](CCCC(=O)OC(C)(C)C)[C@H]1CC[C@H]2[C@@H]3[C@@H](O)C[C@@H]4COC(=O)CC[C@]4(C)[C@H]3CC[C@]12C. The van der Waals surface area contributed by atoms with Crippen molar-refractivity contribution < 1.29 is 24.2 Å². The van der Waals surface area contributed by atoms with E-state index in [1.54, 1.807) is 0 Å². The molecule has 4 rings (SSSR count). The monoisotopic (exact) mass is 476 g/mol. The quantitative estimate of drug-likeness (QED) is 0.499. The summed E-state index contributed by atoms with van der Waals surface area (Å²) in [6.07, 6.45) is 9.14. The van der Waals surface area contributed by atoms with Gasteiger partial charge in [0.1, 0.15) is 5.60 Å². The fourth-order valence-electron chi connectivity index (χ4n) is 8.94. The molecule has 0 aromatic rings. The first-order valence-corrected chi connectivity index (χ1v) is 13.9. The highest BCUT2D eigenvalue weighted by Gasteiger charge is 2.62. The molecule has 9 atom stereocenters. The molecule has 4 aliphatic rings. The topological polar surface area (TPSA) is 72.8 Å². The van der Waals surface area contributed by atoms with Crippen molar-refractivity contribution in [2.24, 2.45) is 46.3 Å². The van der Waals surface area contributed by atoms with Crippen molar-refractivity contribution in [2.75, 3.05) is 6.61 Å². The van der Waals surface area contributed by atoms with E-state index in [1.807, 2.05) is 20.8 Å². The maximum atomic E-state index is 12.2. The number of rotatable bonds is 5. The van der Waals surface area contributed by atoms with Gasteiger partial charge in [0.05, 0.1) is 12.7 Å². The van der Waals surface area contributed by atoms with E-state index in [2.05, 4.69) is 20.8 Å². The minimum absolute atomic E-state index is 0.0663. The molecule has 0 bridgehead atoms. The average molecular weight is 477 g/mol. The van der Waals surface area contributed by atoms with Gasteiger partial charge in [-0.3, -0.25) is 9.59 Å². The van der Waals surface area contributed by atoms with E-state index in [1.165, 1.54) is 19.3 Å². The van der Waals surface area contributed by atoms with Crippen LogP contribution in [-0.2, 0) is 19.1 Å². The van der Waals surface area contributed by atoms with Crippen LogP contribution in [0.4, 0.5) is 0 Å². The van der Waals surface area contributed by atoms with Crippen LogP contribution in [-0.4, -0.2) is 35.4 Å². The molecule has 0 spiro atoms. The smallest absolute Gasteiger partial charge is 0.306 e. The van der Waals surface area contributed by atoms with Crippen LogP contribution in [0.5, 0.6) is 0 Å². The number of carbonyl (C=O) groups excluding carboxylic acids is 2. The second-order valence-corrected chi connectivity index (χ2v) is 13.7. The third-order valence-corrected chi connectivity index (χ3v) is 10.6. The first-order valence-electron chi connectivity index (χ1n) is 13.9.